The van der Waals surface area contributed by atoms with Gasteiger partial charge in [0.15, 0.2) is 0 Å². The standard InChI is InChI=1S/C15H19ClFN3O/c1-3-20-14(15(16)10(2)19-20)9-21-13-7-11(4-5-18)6-12(17)8-13/h6-8H,3-5,9,18H2,1-2H3. The molecule has 1 aromatic carbocycles. The van der Waals surface area contributed by atoms with Crippen molar-refractivity contribution in [3.63, 3.8) is 0 Å². The molecule has 1 heterocycles. The van der Waals surface area contributed by atoms with Gasteiger partial charge in [-0.1, -0.05) is 11.6 Å². The molecule has 0 unspecified atom stereocenters. The summed E-state index contributed by atoms with van der Waals surface area (Å²) in [6.07, 6.45) is 0.612. The van der Waals surface area contributed by atoms with Gasteiger partial charge < -0.3 is 10.5 Å². The second-order valence-corrected chi connectivity index (χ2v) is 5.16. The third-order valence-electron chi connectivity index (χ3n) is 3.19. The fourth-order valence-electron chi connectivity index (χ4n) is 2.17. The van der Waals surface area contributed by atoms with Crippen molar-refractivity contribution in [3.8, 4) is 5.75 Å². The summed E-state index contributed by atoms with van der Waals surface area (Å²) in [7, 11) is 0. The summed E-state index contributed by atoms with van der Waals surface area (Å²) >= 11 is 6.22. The van der Waals surface area contributed by atoms with Gasteiger partial charge in [0.1, 0.15) is 18.2 Å². The molecule has 0 amide bonds. The van der Waals surface area contributed by atoms with E-state index in [1.54, 1.807) is 10.7 Å². The van der Waals surface area contributed by atoms with E-state index in [1.165, 1.54) is 12.1 Å². The van der Waals surface area contributed by atoms with Crippen molar-refractivity contribution in [1.29, 1.82) is 0 Å². The molecule has 21 heavy (non-hydrogen) atoms. The predicted octanol–water partition coefficient (Wildman–Crippen LogP) is 3.08. The number of aryl methyl sites for hydroxylation is 2. The van der Waals surface area contributed by atoms with E-state index in [9.17, 15) is 4.39 Å². The Morgan fingerprint density at radius 3 is 2.81 bits per heavy atom. The Morgan fingerprint density at radius 1 is 1.38 bits per heavy atom. The van der Waals surface area contributed by atoms with Crippen LogP contribution in [-0.2, 0) is 19.6 Å². The van der Waals surface area contributed by atoms with Gasteiger partial charge in [-0.2, -0.15) is 5.10 Å². The number of halogens is 2. The van der Waals surface area contributed by atoms with Gasteiger partial charge in [-0.25, -0.2) is 4.39 Å². The van der Waals surface area contributed by atoms with Crippen LogP contribution in [0.25, 0.3) is 0 Å². The molecule has 0 fully saturated rings. The average molecular weight is 312 g/mol. The van der Waals surface area contributed by atoms with Crippen LogP contribution >= 0.6 is 11.6 Å². The SMILES string of the molecule is CCn1nc(C)c(Cl)c1COc1cc(F)cc(CCN)c1. The molecule has 0 aliphatic carbocycles. The third-order valence-corrected chi connectivity index (χ3v) is 3.68. The van der Waals surface area contributed by atoms with Crippen molar-refractivity contribution in [3.05, 3.63) is 46.0 Å². The van der Waals surface area contributed by atoms with E-state index in [4.69, 9.17) is 22.1 Å². The van der Waals surface area contributed by atoms with Gasteiger partial charge in [0.25, 0.3) is 0 Å². The number of nitrogens with two attached hydrogens (primary N) is 1. The van der Waals surface area contributed by atoms with E-state index in [2.05, 4.69) is 5.10 Å². The number of hydrogen-bond donors (Lipinski definition) is 1. The van der Waals surface area contributed by atoms with Crippen molar-refractivity contribution < 1.29 is 9.13 Å². The van der Waals surface area contributed by atoms with Gasteiger partial charge in [-0.3, -0.25) is 4.68 Å². The maximum atomic E-state index is 13.5. The summed E-state index contributed by atoms with van der Waals surface area (Å²) in [6, 6.07) is 4.62. The topological polar surface area (TPSA) is 53.1 Å². The number of benzene rings is 1. The van der Waals surface area contributed by atoms with E-state index in [1.807, 2.05) is 13.8 Å². The zero-order chi connectivity index (χ0) is 15.4. The van der Waals surface area contributed by atoms with E-state index in [0.29, 0.717) is 30.3 Å². The molecule has 0 atom stereocenters. The van der Waals surface area contributed by atoms with Crippen molar-refractivity contribution in [2.75, 3.05) is 6.54 Å². The first-order valence-corrected chi connectivity index (χ1v) is 7.27. The highest BCUT2D eigenvalue weighted by Crippen LogP contribution is 2.23. The van der Waals surface area contributed by atoms with E-state index in [0.717, 1.165) is 17.0 Å². The van der Waals surface area contributed by atoms with E-state index < -0.39 is 0 Å². The van der Waals surface area contributed by atoms with Gasteiger partial charge in [-0.15, -0.1) is 0 Å². The van der Waals surface area contributed by atoms with Gasteiger partial charge in [0.2, 0.25) is 0 Å². The van der Waals surface area contributed by atoms with Crippen LogP contribution in [0.5, 0.6) is 5.75 Å². The molecule has 0 radical (unpaired) electrons. The van der Waals surface area contributed by atoms with E-state index >= 15 is 0 Å². The van der Waals surface area contributed by atoms with Gasteiger partial charge in [0, 0.05) is 12.6 Å². The van der Waals surface area contributed by atoms with Crippen molar-refractivity contribution in [2.45, 2.75) is 33.4 Å². The Morgan fingerprint density at radius 2 is 2.14 bits per heavy atom. The second-order valence-electron chi connectivity index (χ2n) is 4.78. The lowest BCUT2D eigenvalue weighted by Gasteiger charge is -2.10. The lowest BCUT2D eigenvalue weighted by atomic mass is 10.1. The van der Waals surface area contributed by atoms with Crippen LogP contribution in [0.15, 0.2) is 18.2 Å². The first-order chi connectivity index (χ1) is 10.0. The molecule has 4 nitrogen and oxygen atoms in total. The minimum atomic E-state index is -0.331. The molecule has 0 saturated carbocycles. The highest BCUT2D eigenvalue weighted by atomic mass is 35.5. The third kappa shape index (κ3) is 3.74. The Hall–Kier alpha value is -1.59. The molecule has 6 heteroatoms. The van der Waals surface area contributed by atoms with Crippen LogP contribution in [-0.4, -0.2) is 16.3 Å². The summed E-state index contributed by atoms with van der Waals surface area (Å²) in [5, 5.41) is 4.91. The maximum absolute atomic E-state index is 13.5. The van der Waals surface area contributed by atoms with Gasteiger partial charge in [-0.05, 0) is 44.5 Å². The maximum Gasteiger partial charge on any atom is 0.131 e. The number of rotatable bonds is 6. The van der Waals surface area contributed by atoms with Crippen LogP contribution in [0.1, 0.15) is 23.9 Å². The smallest absolute Gasteiger partial charge is 0.131 e. The fraction of sp³-hybridized carbons (Fsp3) is 0.400. The molecular weight excluding hydrogens is 293 g/mol. The summed E-state index contributed by atoms with van der Waals surface area (Å²) in [5.41, 5.74) is 7.87. The van der Waals surface area contributed by atoms with Crippen LogP contribution in [0.4, 0.5) is 4.39 Å². The Kier molecular flexibility index (Phi) is 5.20. The van der Waals surface area contributed by atoms with Crippen LogP contribution < -0.4 is 10.5 Å². The summed E-state index contributed by atoms with van der Waals surface area (Å²) in [6.45, 7) is 5.25. The van der Waals surface area contributed by atoms with Crippen molar-refractivity contribution in [1.82, 2.24) is 9.78 Å². The zero-order valence-corrected chi connectivity index (χ0v) is 13.0. The van der Waals surface area contributed by atoms with Gasteiger partial charge >= 0.3 is 0 Å². The molecule has 1 aromatic heterocycles. The minimum Gasteiger partial charge on any atom is -0.487 e. The number of nitrogens with zero attached hydrogens (tertiary/aromatic N) is 2. The molecule has 0 bridgehead atoms. The average Bonchev–Trinajstić information content (AvgIpc) is 2.72. The van der Waals surface area contributed by atoms with Gasteiger partial charge in [0.05, 0.1) is 16.4 Å². The molecule has 0 aliphatic heterocycles. The Labute approximate surface area is 128 Å². The monoisotopic (exact) mass is 311 g/mol. The highest BCUT2D eigenvalue weighted by Gasteiger charge is 2.13. The molecule has 2 aromatic rings. The van der Waals surface area contributed by atoms with Crippen LogP contribution in [0.3, 0.4) is 0 Å². The number of hydrogen-bond acceptors (Lipinski definition) is 3. The molecule has 2 rings (SSSR count). The lowest BCUT2D eigenvalue weighted by Crippen LogP contribution is -2.07. The lowest BCUT2D eigenvalue weighted by molar-refractivity contribution is 0.291. The first-order valence-electron chi connectivity index (χ1n) is 6.89. The summed E-state index contributed by atoms with van der Waals surface area (Å²) in [4.78, 5) is 0. The quantitative estimate of drug-likeness (QED) is 0.892. The zero-order valence-electron chi connectivity index (χ0n) is 12.2. The van der Waals surface area contributed by atoms with Crippen LogP contribution in [0.2, 0.25) is 5.02 Å². The van der Waals surface area contributed by atoms with Crippen molar-refractivity contribution >= 4 is 11.6 Å². The first kappa shape index (κ1) is 15.8. The molecule has 2 N–H and O–H groups in total. The minimum absolute atomic E-state index is 0.249. The Balaban J connectivity index is 2.16. The number of ether oxygens (including phenoxy) is 1. The molecule has 0 aliphatic rings. The van der Waals surface area contributed by atoms with Crippen LogP contribution in [0, 0.1) is 12.7 Å². The second kappa shape index (κ2) is 6.91. The normalized spacial score (nSPS) is 10.9. The molecule has 0 saturated heterocycles. The molecule has 0 spiro atoms. The molecule has 114 valence electrons. The summed E-state index contributed by atoms with van der Waals surface area (Å²) < 4.78 is 21.0. The number of aromatic nitrogens is 2. The molecular formula is C15H19ClFN3O. The highest BCUT2D eigenvalue weighted by molar-refractivity contribution is 6.31. The fourth-order valence-corrected chi connectivity index (χ4v) is 2.36. The predicted molar refractivity (Wildman–Crippen MR) is 81.1 cm³/mol. The Bertz CT molecular complexity index is 628. The largest absolute Gasteiger partial charge is 0.487 e. The van der Waals surface area contributed by atoms with Crippen molar-refractivity contribution in [2.24, 2.45) is 5.73 Å². The summed E-state index contributed by atoms with van der Waals surface area (Å²) in [5.74, 6) is 0.137. The van der Waals surface area contributed by atoms with E-state index in [-0.39, 0.29) is 12.4 Å².